The van der Waals surface area contributed by atoms with Gasteiger partial charge < -0.3 is 4.57 Å². The van der Waals surface area contributed by atoms with Crippen LogP contribution in [0.15, 0.2) is 12.5 Å². The average molecular weight is 181 g/mol. The maximum Gasteiger partial charge on any atom is 0.213 e. The Balaban J connectivity index is 2.57. The largest absolute Gasteiger partial charge is 0.331 e. The Hall–Kier alpha value is -1.43. The van der Waals surface area contributed by atoms with E-state index >= 15 is 0 Å². The molecule has 0 aliphatic carbocycles. The zero-order valence-electron chi connectivity index (χ0n) is 6.40. The van der Waals surface area contributed by atoms with Crippen LogP contribution in [-0.2, 0) is 7.05 Å². The van der Waals surface area contributed by atoms with Gasteiger partial charge in [0, 0.05) is 7.05 Å². The molecule has 2 aromatic heterocycles. The summed E-state index contributed by atoms with van der Waals surface area (Å²) >= 11 is 4.82. The van der Waals surface area contributed by atoms with Gasteiger partial charge in [-0.05, 0) is 12.2 Å². The molecule has 2 N–H and O–H groups in total. The van der Waals surface area contributed by atoms with E-state index in [-0.39, 0.29) is 0 Å². The second kappa shape index (κ2) is 2.56. The molecule has 0 aliphatic heterocycles. The van der Waals surface area contributed by atoms with Crippen LogP contribution in [0.1, 0.15) is 0 Å². The molecule has 0 radical (unpaired) electrons. The average Bonchev–Trinajstić information content (AvgIpc) is 2.58. The van der Waals surface area contributed by atoms with Crippen molar-refractivity contribution in [2.45, 2.75) is 0 Å². The van der Waals surface area contributed by atoms with Crippen LogP contribution in [-0.4, -0.2) is 24.7 Å². The molecule has 2 heterocycles. The molecule has 0 fully saturated rings. The molecule has 0 unspecified atom stereocenters. The van der Waals surface area contributed by atoms with E-state index in [1.165, 1.54) is 0 Å². The van der Waals surface area contributed by atoms with Gasteiger partial charge in [-0.25, -0.2) is 4.98 Å². The van der Waals surface area contributed by atoms with Gasteiger partial charge >= 0.3 is 0 Å². The second-order valence-corrected chi connectivity index (χ2v) is 2.79. The Kier molecular flexibility index (Phi) is 1.54. The van der Waals surface area contributed by atoms with Crippen molar-refractivity contribution < 1.29 is 0 Å². The minimum atomic E-state index is 0.450. The van der Waals surface area contributed by atoms with Gasteiger partial charge in [0.1, 0.15) is 5.69 Å². The molecule has 0 aliphatic rings. The number of hydrogen-bond acceptors (Lipinski definition) is 3. The SMILES string of the molecule is Cn1cncc1-c1nc(=S)[nH][nH]1. The molecule has 62 valence electrons. The minimum absolute atomic E-state index is 0.450. The van der Waals surface area contributed by atoms with Gasteiger partial charge in [-0.3, -0.25) is 10.2 Å². The number of rotatable bonds is 1. The van der Waals surface area contributed by atoms with Gasteiger partial charge in [-0.2, -0.15) is 4.98 Å². The Bertz CT molecular complexity index is 436. The Labute approximate surface area is 73.5 Å². The van der Waals surface area contributed by atoms with E-state index in [1.54, 1.807) is 12.5 Å². The third-order valence-electron chi connectivity index (χ3n) is 1.56. The van der Waals surface area contributed by atoms with Gasteiger partial charge in [-0.1, -0.05) is 0 Å². The monoisotopic (exact) mass is 181 g/mol. The van der Waals surface area contributed by atoms with E-state index in [1.807, 2.05) is 11.6 Å². The molecule has 6 heteroatoms. The summed E-state index contributed by atoms with van der Waals surface area (Å²) in [5.41, 5.74) is 0.905. The summed E-state index contributed by atoms with van der Waals surface area (Å²) in [5.74, 6) is 0.708. The first-order valence-corrected chi connectivity index (χ1v) is 3.79. The first kappa shape index (κ1) is 7.23. The van der Waals surface area contributed by atoms with E-state index in [0.29, 0.717) is 10.6 Å². The van der Waals surface area contributed by atoms with Gasteiger partial charge in [-0.15, -0.1) is 0 Å². The third kappa shape index (κ3) is 1.06. The molecule has 0 aromatic carbocycles. The maximum atomic E-state index is 4.82. The third-order valence-corrected chi connectivity index (χ3v) is 1.75. The van der Waals surface area contributed by atoms with Gasteiger partial charge in [0.05, 0.1) is 12.5 Å². The van der Waals surface area contributed by atoms with Crippen molar-refractivity contribution in [2.75, 3.05) is 0 Å². The molecule has 0 saturated carbocycles. The first-order valence-electron chi connectivity index (χ1n) is 3.39. The van der Waals surface area contributed by atoms with Crippen LogP contribution in [0, 0.1) is 4.77 Å². The number of nitrogens with zero attached hydrogens (tertiary/aromatic N) is 3. The van der Waals surface area contributed by atoms with E-state index in [0.717, 1.165) is 5.69 Å². The van der Waals surface area contributed by atoms with Crippen molar-refractivity contribution in [3.8, 4) is 11.5 Å². The number of aryl methyl sites for hydroxylation is 1. The number of aromatic nitrogens is 5. The number of H-pyrrole nitrogens is 2. The first-order chi connectivity index (χ1) is 5.77. The van der Waals surface area contributed by atoms with Gasteiger partial charge in [0.2, 0.25) is 4.77 Å². The van der Waals surface area contributed by atoms with Crippen molar-refractivity contribution in [3.63, 3.8) is 0 Å². The normalized spacial score (nSPS) is 10.4. The highest BCUT2D eigenvalue weighted by molar-refractivity contribution is 7.71. The lowest BCUT2D eigenvalue weighted by molar-refractivity contribution is 0.909. The number of aromatic amines is 2. The lowest BCUT2D eigenvalue weighted by Gasteiger charge is -1.94. The van der Waals surface area contributed by atoms with E-state index in [9.17, 15) is 0 Å². The fourth-order valence-corrected chi connectivity index (χ4v) is 1.12. The maximum absolute atomic E-state index is 4.82. The summed E-state index contributed by atoms with van der Waals surface area (Å²) in [4.78, 5) is 8.02. The van der Waals surface area contributed by atoms with Gasteiger partial charge in [0.15, 0.2) is 5.82 Å². The highest BCUT2D eigenvalue weighted by Gasteiger charge is 2.03. The molecule has 0 atom stereocenters. The van der Waals surface area contributed by atoms with Crippen molar-refractivity contribution in [1.29, 1.82) is 0 Å². The van der Waals surface area contributed by atoms with Crippen molar-refractivity contribution in [1.82, 2.24) is 24.7 Å². The zero-order valence-corrected chi connectivity index (χ0v) is 7.22. The van der Waals surface area contributed by atoms with Crippen molar-refractivity contribution in [2.24, 2.45) is 7.05 Å². The quantitative estimate of drug-likeness (QED) is 0.641. The van der Waals surface area contributed by atoms with E-state index in [2.05, 4.69) is 20.2 Å². The lowest BCUT2D eigenvalue weighted by Crippen LogP contribution is -1.90. The fraction of sp³-hybridized carbons (Fsp3) is 0.167. The van der Waals surface area contributed by atoms with Crippen LogP contribution >= 0.6 is 12.2 Å². The fourth-order valence-electron chi connectivity index (χ4n) is 0.977. The Morgan fingerprint density at radius 2 is 2.33 bits per heavy atom. The Morgan fingerprint density at radius 1 is 1.50 bits per heavy atom. The molecule has 2 aromatic rings. The van der Waals surface area contributed by atoms with E-state index in [4.69, 9.17) is 12.2 Å². The molecule has 0 spiro atoms. The molecule has 12 heavy (non-hydrogen) atoms. The molecule has 5 nitrogen and oxygen atoms in total. The number of imidazole rings is 1. The summed E-state index contributed by atoms with van der Waals surface area (Å²) in [6.07, 6.45) is 3.43. The molecular weight excluding hydrogens is 174 g/mol. The predicted molar refractivity (Wildman–Crippen MR) is 46.0 cm³/mol. The van der Waals surface area contributed by atoms with Gasteiger partial charge in [0.25, 0.3) is 0 Å². The summed E-state index contributed by atoms with van der Waals surface area (Å²) in [6, 6.07) is 0. The highest BCUT2D eigenvalue weighted by atomic mass is 32.1. The second-order valence-electron chi connectivity index (χ2n) is 2.41. The minimum Gasteiger partial charge on any atom is -0.331 e. The van der Waals surface area contributed by atoms with Crippen LogP contribution in [0.5, 0.6) is 0 Å². The smallest absolute Gasteiger partial charge is 0.213 e. The summed E-state index contributed by atoms with van der Waals surface area (Å²) in [7, 11) is 1.90. The zero-order chi connectivity index (χ0) is 8.55. The van der Waals surface area contributed by atoms with Crippen molar-refractivity contribution >= 4 is 12.2 Å². The number of nitrogens with one attached hydrogen (secondary N) is 2. The number of hydrogen-bond donors (Lipinski definition) is 2. The summed E-state index contributed by atoms with van der Waals surface area (Å²) < 4.78 is 2.31. The predicted octanol–water partition coefficient (Wildman–Crippen LogP) is 0.868. The molecular formula is C6H7N5S. The van der Waals surface area contributed by atoms with Crippen LogP contribution in [0.25, 0.3) is 11.5 Å². The molecule has 2 rings (SSSR count). The van der Waals surface area contributed by atoms with Crippen molar-refractivity contribution in [3.05, 3.63) is 17.3 Å². The standard InChI is InChI=1S/C6H7N5S/c1-11-3-7-2-4(11)5-8-6(12)10-9-5/h2-3H,1H3,(H2,8,9,10,12). The highest BCUT2D eigenvalue weighted by Crippen LogP contribution is 2.10. The summed E-state index contributed by atoms with van der Waals surface area (Å²) in [6.45, 7) is 0. The van der Waals surface area contributed by atoms with Crippen LogP contribution in [0.2, 0.25) is 0 Å². The van der Waals surface area contributed by atoms with Crippen LogP contribution < -0.4 is 0 Å². The van der Waals surface area contributed by atoms with Crippen LogP contribution in [0.3, 0.4) is 0 Å². The topological polar surface area (TPSA) is 62.3 Å². The van der Waals surface area contributed by atoms with E-state index < -0.39 is 0 Å². The molecule has 0 saturated heterocycles. The summed E-state index contributed by atoms with van der Waals surface area (Å²) in [5, 5.41) is 5.57. The molecule has 0 amide bonds. The van der Waals surface area contributed by atoms with Crippen LogP contribution in [0.4, 0.5) is 0 Å². The molecule has 0 bridgehead atoms. The Morgan fingerprint density at radius 3 is 2.83 bits per heavy atom. The lowest BCUT2D eigenvalue weighted by atomic mass is 10.4.